The average Bonchev–Trinajstić information content (AvgIpc) is 2.75. The van der Waals surface area contributed by atoms with E-state index in [0.29, 0.717) is 23.8 Å². The SMILES string of the molecule is NCC1CCCC(Cn2c(/C=C/c3ccccc3)nc3ccccc3c2=O)C1. The maximum absolute atomic E-state index is 13.2. The Morgan fingerprint density at radius 3 is 2.57 bits per heavy atom. The van der Waals surface area contributed by atoms with Crippen LogP contribution in [-0.4, -0.2) is 16.1 Å². The highest BCUT2D eigenvalue weighted by Gasteiger charge is 2.22. The summed E-state index contributed by atoms with van der Waals surface area (Å²) in [6.07, 6.45) is 8.63. The second kappa shape index (κ2) is 8.53. The summed E-state index contributed by atoms with van der Waals surface area (Å²) in [4.78, 5) is 18.1. The van der Waals surface area contributed by atoms with E-state index in [9.17, 15) is 4.79 Å². The van der Waals surface area contributed by atoms with Crippen molar-refractivity contribution in [3.63, 3.8) is 0 Å². The van der Waals surface area contributed by atoms with Crippen LogP contribution < -0.4 is 11.3 Å². The van der Waals surface area contributed by atoms with Gasteiger partial charge in [0.05, 0.1) is 10.9 Å². The maximum atomic E-state index is 13.2. The standard InChI is InChI=1S/C24H27N3O/c25-16-19-9-6-10-20(15-19)17-27-23(14-13-18-7-2-1-3-8-18)26-22-12-5-4-11-21(22)24(27)28/h1-5,7-8,11-14,19-20H,6,9-10,15-17,25H2/b14-13+. The molecule has 2 aromatic carbocycles. The Bertz CT molecular complexity index is 1020. The molecule has 2 N–H and O–H groups in total. The topological polar surface area (TPSA) is 60.9 Å². The number of nitrogens with two attached hydrogens (primary N) is 1. The van der Waals surface area contributed by atoms with E-state index in [1.807, 2.05) is 71.3 Å². The van der Waals surface area contributed by atoms with Crippen molar-refractivity contribution < 1.29 is 0 Å². The van der Waals surface area contributed by atoms with Gasteiger partial charge in [0, 0.05) is 6.54 Å². The number of aromatic nitrogens is 2. The van der Waals surface area contributed by atoms with Gasteiger partial charge in [0.25, 0.3) is 5.56 Å². The molecule has 4 heteroatoms. The maximum Gasteiger partial charge on any atom is 0.261 e. The van der Waals surface area contributed by atoms with Gasteiger partial charge in [-0.1, -0.05) is 55.0 Å². The first-order chi connectivity index (χ1) is 13.7. The van der Waals surface area contributed by atoms with Gasteiger partial charge in [-0.25, -0.2) is 4.98 Å². The first-order valence-corrected chi connectivity index (χ1v) is 10.2. The third-order valence-corrected chi connectivity index (χ3v) is 5.78. The lowest BCUT2D eigenvalue weighted by atomic mass is 9.81. The van der Waals surface area contributed by atoms with Gasteiger partial charge in [-0.2, -0.15) is 0 Å². The van der Waals surface area contributed by atoms with Crippen LogP contribution in [-0.2, 0) is 6.54 Å². The molecule has 1 aromatic heterocycles. The molecule has 1 aliphatic carbocycles. The smallest absolute Gasteiger partial charge is 0.261 e. The molecule has 0 bridgehead atoms. The summed E-state index contributed by atoms with van der Waals surface area (Å²) in [6, 6.07) is 17.7. The second-order valence-corrected chi connectivity index (χ2v) is 7.78. The van der Waals surface area contributed by atoms with Crippen molar-refractivity contribution in [3.8, 4) is 0 Å². The molecule has 1 aliphatic rings. The van der Waals surface area contributed by atoms with E-state index in [1.54, 1.807) is 0 Å². The van der Waals surface area contributed by atoms with Crippen LogP contribution in [0, 0.1) is 11.8 Å². The molecule has 4 rings (SSSR count). The zero-order valence-electron chi connectivity index (χ0n) is 16.1. The number of rotatable bonds is 5. The fourth-order valence-electron chi connectivity index (χ4n) is 4.26. The van der Waals surface area contributed by atoms with Crippen LogP contribution in [0.25, 0.3) is 23.1 Å². The van der Waals surface area contributed by atoms with Crippen LogP contribution in [0.3, 0.4) is 0 Å². The first kappa shape index (κ1) is 18.6. The van der Waals surface area contributed by atoms with Crippen LogP contribution in [0.4, 0.5) is 0 Å². The molecule has 1 fully saturated rings. The van der Waals surface area contributed by atoms with Crippen molar-refractivity contribution in [2.24, 2.45) is 17.6 Å². The van der Waals surface area contributed by atoms with Gasteiger partial charge in [-0.3, -0.25) is 9.36 Å². The Balaban J connectivity index is 1.73. The molecule has 144 valence electrons. The van der Waals surface area contributed by atoms with Gasteiger partial charge >= 0.3 is 0 Å². The molecule has 0 saturated heterocycles. The molecule has 2 unspecified atom stereocenters. The molecule has 3 aromatic rings. The van der Waals surface area contributed by atoms with Gasteiger partial charge in [0.1, 0.15) is 5.82 Å². The van der Waals surface area contributed by atoms with E-state index >= 15 is 0 Å². The lowest BCUT2D eigenvalue weighted by molar-refractivity contribution is 0.245. The molecule has 1 heterocycles. The second-order valence-electron chi connectivity index (χ2n) is 7.78. The lowest BCUT2D eigenvalue weighted by Crippen LogP contribution is -2.31. The third-order valence-electron chi connectivity index (χ3n) is 5.78. The van der Waals surface area contributed by atoms with E-state index in [1.165, 1.54) is 12.8 Å². The van der Waals surface area contributed by atoms with Crippen LogP contribution in [0.15, 0.2) is 59.4 Å². The van der Waals surface area contributed by atoms with E-state index in [4.69, 9.17) is 10.7 Å². The summed E-state index contributed by atoms with van der Waals surface area (Å²) in [5.41, 5.74) is 7.81. The Morgan fingerprint density at radius 1 is 1.00 bits per heavy atom. The zero-order valence-corrected chi connectivity index (χ0v) is 16.1. The molecule has 0 radical (unpaired) electrons. The fraction of sp³-hybridized carbons (Fsp3) is 0.333. The predicted octanol–water partition coefficient (Wildman–Crippen LogP) is 4.33. The van der Waals surface area contributed by atoms with Crippen molar-refractivity contribution in [2.45, 2.75) is 32.2 Å². The highest BCUT2D eigenvalue weighted by atomic mass is 16.1. The number of nitrogens with zero attached hydrogens (tertiary/aromatic N) is 2. The van der Waals surface area contributed by atoms with E-state index in [0.717, 1.165) is 36.3 Å². The minimum absolute atomic E-state index is 0.0492. The molecule has 4 nitrogen and oxygen atoms in total. The van der Waals surface area contributed by atoms with E-state index < -0.39 is 0 Å². The molecule has 0 amide bonds. The molecule has 2 atom stereocenters. The first-order valence-electron chi connectivity index (χ1n) is 10.2. The Labute approximate surface area is 165 Å². The minimum atomic E-state index is 0.0492. The molecular weight excluding hydrogens is 346 g/mol. The van der Waals surface area contributed by atoms with Crippen molar-refractivity contribution >= 4 is 23.1 Å². The zero-order chi connectivity index (χ0) is 19.3. The summed E-state index contributed by atoms with van der Waals surface area (Å²) >= 11 is 0. The molecule has 28 heavy (non-hydrogen) atoms. The number of benzene rings is 2. The summed E-state index contributed by atoms with van der Waals surface area (Å²) in [5.74, 6) is 1.78. The van der Waals surface area contributed by atoms with Gasteiger partial charge in [-0.05, 0) is 61.4 Å². The van der Waals surface area contributed by atoms with E-state index in [2.05, 4.69) is 0 Å². The molecule has 1 saturated carbocycles. The van der Waals surface area contributed by atoms with Crippen molar-refractivity contribution in [2.75, 3.05) is 6.54 Å². The van der Waals surface area contributed by atoms with Crippen molar-refractivity contribution in [1.82, 2.24) is 9.55 Å². The summed E-state index contributed by atoms with van der Waals surface area (Å²) in [5, 5.41) is 0.686. The minimum Gasteiger partial charge on any atom is -0.330 e. The Morgan fingerprint density at radius 2 is 1.75 bits per heavy atom. The predicted molar refractivity (Wildman–Crippen MR) is 116 cm³/mol. The van der Waals surface area contributed by atoms with Gasteiger partial charge in [-0.15, -0.1) is 0 Å². The monoisotopic (exact) mass is 373 g/mol. The normalized spacial score (nSPS) is 20.0. The molecule has 0 spiro atoms. The van der Waals surface area contributed by atoms with Crippen LogP contribution >= 0.6 is 0 Å². The number of para-hydroxylation sites is 1. The Hall–Kier alpha value is -2.72. The number of fused-ring (bicyclic) bond motifs is 1. The van der Waals surface area contributed by atoms with Crippen molar-refractivity contribution in [1.29, 1.82) is 0 Å². The van der Waals surface area contributed by atoms with Crippen molar-refractivity contribution in [3.05, 3.63) is 76.3 Å². The molecule has 0 aliphatic heterocycles. The van der Waals surface area contributed by atoms with Gasteiger partial charge in [0.15, 0.2) is 0 Å². The quantitative estimate of drug-likeness (QED) is 0.724. The Kier molecular flexibility index (Phi) is 5.68. The number of hydrogen-bond acceptors (Lipinski definition) is 3. The lowest BCUT2D eigenvalue weighted by Gasteiger charge is -2.29. The average molecular weight is 374 g/mol. The summed E-state index contributed by atoms with van der Waals surface area (Å²) in [6.45, 7) is 1.45. The molecular formula is C24H27N3O. The van der Waals surface area contributed by atoms with Crippen LogP contribution in [0.2, 0.25) is 0 Å². The highest BCUT2D eigenvalue weighted by molar-refractivity contribution is 5.79. The largest absolute Gasteiger partial charge is 0.330 e. The van der Waals surface area contributed by atoms with Gasteiger partial charge < -0.3 is 5.73 Å². The fourth-order valence-corrected chi connectivity index (χ4v) is 4.26. The van der Waals surface area contributed by atoms with Crippen LogP contribution in [0.5, 0.6) is 0 Å². The van der Waals surface area contributed by atoms with Crippen LogP contribution in [0.1, 0.15) is 37.1 Å². The number of hydrogen-bond donors (Lipinski definition) is 1. The highest BCUT2D eigenvalue weighted by Crippen LogP contribution is 2.29. The van der Waals surface area contributed by atoms with Gasteiger partial charge in [0.2, 0.25) is 0 Å². The van der Waals surface area contributed by atoms with E-state index in [-0.39, 0.29) is 5.56 Å². The summed E-state index contributed by atoms with van der Waals surface area (Å²) < 4.78 is 1.87. The third kappa shape index (κ3) is 4.07. The summed E-state index contributed by atoms with van der Waals surface area (Å²) in [7, 11) is 0.